The van der Waals surface area contributed by atoms with E-state index in [2.05, 4.69) is 34.9 Å². The van der Waals surface area contributed by atoms with Crippen molar-refractivity contribution in [2.24, 2.45) is 5.92 Å². The maximum Gasteiger partial charge on any atom is 0.223 e. The molecule has 1 saturated heterocycles. The third-order valence-electron chi connectivity index (χ3n) is 5.38. The maximum atomic E-state index is 12.5. The lowest BCUT2D eigenvalue weighted by Gasteiger charge is -2.32. The minimum Gasteiger partial charge on any atom is -0.354 e. The smallest absolute Gasteiger partial charge is 0.223 e. The van der Waals surface area contributed by atoms with Crippen LogP contribution < -0.4 is 10.6 Å². The molecule has 25 heavy (non-hydrogen) atoms. The summed E-state index contributed by atoms with van der Waals surface area (Å²) in [5.41, 5.74) is 2.68. The van der Waals surface area contributed by atoms with E-state index in [1.807, 2.05) is 11.8 Å². The molecule has 0 spiro atoms. The second kappa shape index (κ2) is 8.48. The molecule has 1 aromatic carbocycles. The van der Waals surface area contributed by atoms with Gasteiger partial charge in [0.2, 0.25) is 11.8 Å². The summed E-state index contributed by atoms with van der Waals surface area (Å²) >= 11 is 0. The number of nitrogens with one attached hydrogen (secondary N) is 2. The first-order chi connectivity index (χ1) is 12.2. The monoisotopic (exact) mass is 343 g/mol. The van der Waals surface area contributed by atoms with E-state index >= 15 is 0 Å². The van der Waals surface area contributed by atoms with Crippen molar-refractivity contribution in [3.8, 4) is 0 Å². The molecule has 2 heterocycles. The summed E-state index contributed by atoms with van der Waals surface area (Å²) in [7, 11) is 0. The van der Waals surface area contributed by atoms with Crippen molar-refractivity contribution >= 4 is 11.8 Å². The van der Waals surface area contributed by atoms with Crippen LogP contribution in [0.5, 0.6) is 0 Å². The number of rotatable bonds is 5. The minimum atomic E-state index is 0.0320. The highest BCUT2D eigenvalue weighted by Crippen LogP contribution is 2.23. The predicted octanol–water partition coefficient (Wildman–Crippen LogP) is 2.03. The van der Waals surface area contributed by atoms with Crippen LogP contribution in [0.25, 0.3) is 0 Å². The van der Waals surface area contributed by atoms with Crippen LogP contribution >= 0.6 is 0 Å². The Morgan fingerprint density at radius 2 is 2.00 bits per heavy atom. The fourth-order valence-corrected chi connectivity index (χ4v) is 3.89. The Morgan fingerprint density at radius 1 is 1.24 bits per heavy atom. The zero-order chi connectivity index (χ0) is 17.6. The second-order valence-electron chi connectivity index (χ2n) is 7.11. The number of nitrogens with zero attached hydrogens (tertiary/aromatic N) is 1. The van der Waals surface area contributed by atoms with Gasteiger partial charge < -0.3 is 15.5 Å². The third-order valence-corrected chi connectivity index (χ3v) is 5.38. The number of hydrogen-bond acceptors (Lipinski definition) is 3. The number of likely N-dealkylation sites (tertiary alicyclic amines) is 1. The Bertz CT molecular complexity index is 609. The first kappa shape index (κ1) is 17.9. The molecule has 2 N–H and O–H groups in total. The number of carbonyl (C=O) groups excluding carboxylic acids is 2. The highest BCUT2D eigenvalue weighted by atomic mass is 16.2. The van der Waals surface area contributed by atoms with Crippen molar-refractivity contribution in [1.29, 1.82) is 0 Å². The van der Waals surface area contributed by atoms with E-state index in [0.29, 0.717) is 26.1 Å². The molecule has 5 heteroatoms. The molecule has 0 aromatic heterocycles. The number of carbonyl (C=O) groups is 2. The maximum absolute atomic E-state index is 12.5. The van der Waals surface area contributed by atoms with Crippen molar-refractivity contribution in [2.45, 2.75) is 45.1 Å². The first-order valence-electron chi connectivity index (χ1n) is 9.55. The molecule has 1 aromatic rings. The molecular weight excluding hydrogens is 314 g/mol. The van der Waals surface area contributed by atoms with Gasteiger partial charge in [0.05, 0.1) is 0 Å². The van der Waals surface area contributed by atoms with Gasteiger partial charge >= 0.3 is 0 Å². The highest BCUT2D eigenvalue weighted by Gasteiger charge is 2.28. The van der Waals surface area contributed by atoms with Gasteiger partial charge in [-0.15, -0.1) is 0 Å². The summed E-state index contributed by atoms with van der Waals surface area (Å²) < 4.78 is 0. The lowest BCUT2D eigenvalue weighted by atomic mass is 9.93. The van der Waals surface area contributed by atoms with Gasteiger partial charge in [-0.1, -0.05) is 31.2 Å². The van der Waals surface area contributed by atoms with Crippen LogP contribution in [0.1, 0.15) is 49.8 Å². The number of benzene rings is 1. The molecule has 3 rings (SSSR count). The van der Waals surface area contributed by atoms with Gasteiger partial charge in [0.25, 0.3) is 0 Å². The first-order valence-corrected chi connectivity index (χ1v) is 9.55. The molecule has 2 aliphatic heterocycles. The van der Waals surface area contributed by atoms with Crippen LogP contribution in [0.3, 0.4) is 0 Å². The van der Waals surface area contributed by atoms with Crippen LogP contribution in [0.4, 0.5) is 0 Å². The Labute approximate surface area is 150 Å². The number of piperidine rings is 1. The van der Waals surface area contributed by atoms with Gasteiger partial charge in [-0.3, -0.25) is 9.59 Å². The van der Waals surface area contributed by atoms with Crippen LogP contribution in [-0.2, 0) is 16.0 Å². The zero-order valence-corrected chi connectivity index (χ0v) is 15.1. The summed E-state index contributed by atoms with van der Waals surface area (Å²) in [6.45, 7) is 5.03. The number of amides is 2. The number of hydrogen-bond donors (Lipinski definition) is 2. The Balaban J connectivity index is 1.47. The summed E-state index contributed by atoms with van der Waals surface area (Å²) in [5, 5.41) is 6.63. The Morgan fingerprint density at radius 3 is 2.76 bits per heavy atom. The molecule has 0 saturated carbocycles. The van der Waals surface area contributed by atoms with E-state index in [-0.39, 0.29) is 23.8 Å². The van der Waals surface area contributed by atoms with Crippen LogP contribution in [0.15, 0.2) is 24.3 Å². The van der Waals surface area contributed by atoms with Gasteiger partial charge in [0.1, 0.15) is 0 Å². The number of fused-ring (bicyclic) bond motifs is 1. The van der Waals surface area contributed by atoms with Crippen molar-refractivity contribution in [1.82, 2.24) is 15.5 Å². The fourth-order valence-electron chi connectivity index (χ4n) is 3.89. The Hall–Kier alpha value is -1.88. The van der Waals surface area contributed by atoms with Crippen molar-refractivity contribution in [3.63, 3.8) is 0 Å². The lowest BCUT2D eigenvalue weighted by Crippen LogP contribution is -2.45. The molecule has 1 atom stereocenters. The van der Waals surface area contributed by atoms with Crippen molar-refractivity contribution < 1.29 is 9.59 Å². The molecule has 1 fully saturated rings. The van der Waals surface area contributed by atoms with Crippen LogP contribution in [0, 0.1) is 5.92 Å². The van der Waals surface area contributed by atoms with Gasteiger partial charge in [-0.2, -0.15) is 0 Å². The molecule has 136 valence electrons. The van der Waals surface area contributed by atoms with Gasteiger partial charge in [0, 0.05) is 38.0 Å². The van der Waals surface area contributed by atoms with Gasteiger partial charge in [0.15, 0.2) is 0 Å². The van der Waals surface area contributed by atoms with Gasteiger partial charge in [-0.05, 0) is 43.4 Å². The molecule has 0 radical (unpaired) electrons. The molecular formula is C20H29N3O2. The molecule has 2 aliphatic rings. The average Bonchev–Trinajstić information content (AvgIpc) is 2.66. The lowest BCUT2D eigenvalue weighted by molar-refractivity contribution is -0.135. The zero-order valence-electron chi connectivity index (χ0n) is 15.1. The van der Waals surface area contributed by atoms with E-state index in [0.717, 1.165) is 32.2 Å². The Kier molecular flexibility index (Phi) is 6.08. The predicted molar refractivity (Wildman–Crippen MR) is 98.1 cm³/mol. The topological polar surface area (TPSA) is 61.4 Å². The molecule has 5 nitrogen and oxygen atoms in total. The minimum absolute atomic E-state index is 0.0320. The van der Waals surface area contributed by atoms with Crippen molar-refractivity contribution in [3.05, 3.63) is 35.4 Å². The summed E-state index contributed by atoms with van der Waals surface area (Å²) in [5.74, 6) is 0.390. The SMILES string of the molecule is CCCC(=O)N1CCC(C(=O)NCC2NCCc3ccccc32)CC1. The van der Waals surface area contributed by atoms with E-state index in [1.54, 1.807) is 0 Å². The molecule has 2 amide bonds. The standard InChI is InChI=1S/C20H29N3O2/c1-2-5-19(24)23-12-9-16(10-13-23)20(25)22-14-18-17-7-4-3-6-15(17)8-11-21-18/h3-4,6-7,16,18,21H,2,5,8-14H2,1H3,(H,22,25). The van der Waals surface area contributed by atoms with Crippen LogP contribution in [0.2, 0.25) is 0 Å². The fraction of sp³-hybridized carbons (Fsp3) is 0.600. The molecule has 0 bridgehead atoms. The average molecular weight is 343 g/mol. The molecule has 0 aliphatic carbocycles. The summed E-state index contributed by atoms with van der Waals surface area (Å²) in [4.78, 5) is 26.4. The quantitative estimate of drug-likeness (QED) is 0.860. The largest absolute Gasteiger partial charge is 0.354 e. The van der Waals surface area contributed by atoms with E-state index in [9.17, 15) is 9.59 Å². The van der Waals surface area contributed by atoms with E-state index in [1.165, 1.54) is 11.1 Å². The summed E-state index contributed by atoms with van der Waals surface area (Å²) in [6.07, 6.45) is 4.09. The highest BCUT2D eigenvalue weighted by molar-refractivity contribution is 5.80. The summed E-state index contributed by atoms with van der Waals surface area (Å²) in [6, 6.07) is 8.65. The third kappa shape index (κ3) is 4.40. The van der Waals surface area contributed by atoms with E-state index < -0.39 is 0 Å². The molecule has 1 unspecified atom stereocenters. The normalized spacial score (nSPS) is 20.8. The second-order valence-corrected chi connectivity index (χ2v) is 7.11. The van der Waals surface area contributed by atoms with Crippen LogP contribution in [-0.4, -0.2) is 42.9 Å². The van der Waals surface area contributed by atoms with E-state index in [4.69, 9.17) is 0 Å². The van der Waals surface area contributed by atoms with Crippen molar-refractivity contribution in [2.75, 3.05) is 26.2 Å². The van der Waals surface area contributed by atoms with Gasteiger partial charge in [-0.25, -0.2) is 0 Å².